The summed E-state index contributed by atoms with van der Waals surface area (Å²) in [7, 11) is 0. The quantitative estimate of drug-likeness (QED) is 0.154. The molecule has 0 aliphatic carbocycles. The number of anilines is 3. The lowest BCUT2D eigenvalue weighted by molar-refractivity contribution is 1.17. The Morgan fingerprint density at radius 3 is 1.42 bits per heavy atom. The first-order chi connectivity index (χ1) is 29.3. The molecule has 276 valence electrons. The molecule has 0 fully saturated rings. The smallest absolute Gasteiger partial charge is 0.0546 e. The van der Waals surface area contributed by atoms with Gasteiger partial charge in [-0.15, -0.1) is 0 Å². The topological polar surface area (TPSA) is 13.1 Å². The van der Waals surface area contributed by atoms with E-state index < -0.39 is 0 Å². The van der Waals surface area contributed by atoms with Crippen LogP contribution in [0.4, 0.5) is 17.1 Å². The van der Waals surface area contributed by atoms with E-state index in [4.69, 9.17) is 0 Å². The van der Waals surface area contributed by atoms with Crippen molar-refractivity contribution in [3.8, 4) is 22.5 Å². The second-order valence-corrected chi connectivity index (χ2v) is 15.4. The highest BCUT2D eigenvalue weighted by molar-refractivity contribution is 6.15. The van der Waals surface area contributed by atoms with Gasteiger partial charge in [0, 0.05) is 49.7 Å². The Balaban J connectivity index is 1.01. The number of aromatic nitrogens is 2. The Bertz CT molecular complexity index is 3480. The third kappa shape index (κ3) is 5.29. The number of benzene rings is 10. The van der Waals surface area contributed by atoms with Crippen molar-refractivity contribution in [2.45, 2.75) is 0 Å². The second kappa shape index (κ2) is 13.4. The summed E-state index contributed by atoms with van der Waals surface area (Å²) in [6.45, 7) is 0. The van der Waals surface area contributed by atoms with Gasteiger partial charge in [0.15, 0.2) is 0 Å². The van der Waals surface area contributed by atoms with Gasteiger partial charge in [0.25, 0.3) is 0 Å². The summed E-state index contributed by atoms with van der Waals surface area (Å²) >= 11 is 0. The lowest BCUT2D eigenvalue weighted by atomic mass is 9.99. The molecule has 0 radical (unpaired) electrons. The Kier molecular flexibility index (Phi) is 7.54. The van der Waals surface area contributed by atoms with Crippen LogP contribution in [0, 0.1) is 0 Å². The molecule has 0 amide bonds. The molecule has 12 rings (SSSR count). The molecule has 0 N–H and O–H groups in total. The van der Waals surface area contributed by atoms with Gasteiger partial charge in [-0.25, -0.2) is 0 Å². The maximum absolute atomic E-state index is 2.42. The highest BCUT2D eigenvalue weighted by Gasteiger charge is 2.19. The van der Waals surface area contributed by atoms with Gasteiger partial charge >= 0.3 is 0 Å². The molecule has 3 nitrogen and oxygen atoms in total. The minimum Gasteiger partial charge on any atom is -0.310 e. The summed E-state index contributed by atoms with van der Waals surface area (Å²) in [5, 5.41) is 9.95. The van der Waals surface area contributed by atoms with E-state index in [1.54, 1.807) is 0 Å². The summed E-state index contributed by atoms with van der Waals surface area (Å²) < 4.78 is 4.75. The summed E-state index contributed by atoms with van der Waals surface area (Å²) in [6.07, 6.45) is 0. The number of nitrogens with zero attached hydrogens (tertiary/aromatic N) is 3. The predicted octanol–water partition coefficient (Wildman–Crippen LogP) is 15.3. The van der Waals surface area contributed by atoms with Crippen molar-refractivity contribution >= 4 is 82.2 Å². The molecule has 0 saturated carbocycles. The fraction of sp³-hybridized carbons (Fsp3) is 0. The fourth-order valence-electron chi connectivity index (χ4n) is 9.42. The third-order valence-corrected chi connectivity index (χ3v) is 12.1. The van der Waals surface area contributed by atoms with Crippen molar-refractivity contribution in [3.05, 3.63) is 224 Å². The normalized spacial score (nSPS) is 11.7. The largest absolute Gasteiger partial charge is 0.310 e. The van der Waals surface area contributed by atoms with Crippen molar-refractivity contribution < 1.29 is 0 Å². The molecule has 3 heteroatoms. The van der Waals surface area contributed by atoms with Crippen molar-refractivity contribution in [1.29, 1.82) is 0 Å². The minimum atomic E-state index is 1.10. The van der Waals surface area contributed by atoms with E-state index in [1.807, 2.05) is 0 Å². The van der Waals surface area contributed by atoms with E-state index in [0.29, 0.717) is 0 Å². The molecular weight excluding hydrogens is 715 g/mol. The van der Waals surface area contributed by atoms with E-state index in [1.165, 1.54) is 82.0 Å². The first-order valence-electron chi connectivity index (χ1n) is 20.3. The van der Waals surface area contributed by atoms with Crippen LogP contribution >= 0.6 is 0 Å². The zero-order valence-electron chi connectivity index (χ0n) is 32.2. The molecule has 0 spiro atoms. The molecule has 2 aromatic heterocycles. The van der Waals surface area contributed by atoms with Crippen molar-refractivity contribution in [3.63, 3.8) is 0 Å². The highest BCUT2D eigenvalue weighted by atomic mass is 15.1. The Hall–Kier alpha value is -7.88. The van der Waals surface area contributed by atoms with Crippen LogP contribution in [0.3, 0.4) is 0 Å². The predicted molar refractivity (Wildman–Crippen MR) is 250 cm³/mol. The molecule has 2 heterocycles. The molecule has 0 atom stereocenters. The molecule has 0 saturated heterocycles. The second-order valence-electron chi connectivity index (χ2n) is 15.4. The molecular formula is C56H37N3. The van der Waals surface area contributed by atoms with Gasteiger partial charge in [-0.1, -0.05) is 140 Å². The van der Waals surface area contributed by atoms with Crippen molar-refractivity contribution in [2.24, 2.45) is 0 Å². The molecule has 12 aromatic rings. The van der Waals surface area contributed by atoms with Crippen LogP contribution in [0.1, 0.15) is 0 Å². The standard InChI is InChI=1S/C56H37N3/c1-2-15-42(16-3-1)58-53-23-11-8-20-49(53)50-37-41(29-36-54(50)58)38-27-30-43(31-28-38)57(55-24-12-14-40-26-25-39-13-4-5-17-46(39)56(40)55)44-32-34-45(35-33-44)59-51-21-9-6-18-47(51)48-19-7-10-22-52(48)59/h1-37H. The van der Waals surface area contributed by atoms with Crippen LogP contribution in [0.5, 0.6) is 0 Å². The van der Waals surface area contributed by atoms with E-state index >= 15 is 0 Å². The maximum Gasteiger partial charge on any atom is 0.0546 e. The van der Waals surface area contributed by atoms with E-state index in [-0.39, 0.29) is 0 Å². The number of rotatable bonds is 6. The Morgan fingerprint density at radius 2 is 0.763 bits per heavy atom. The average Bonchev–Trinajstić information content (AvgIpc) is 3.82. The maximum atomic E-state index is 2.42. The van der Waals surface area contributed by atoms with E-state index in [0.717, 1.165) is 22.7 Å². The average molecular weight is 752 g/mol. The first kappa shape index (κ1) is 33.3. The third-order valence-electron chi connectivity index (χ3n) is 12.1. The fourth-order valence-corrected chi connectivity index (χ4v) is 9.42. The van der Waals surface area contributed by atoms with Crippen molar-refractivity contribution in [2.75, 3.05) is 4.90 Å². The monoisotopic (exact) mass is 751 g/mol. The van der Waals surface area contributed by atoms with Crippen LogP contribution in [0.25, 0.3) is 87.7 Å². The number of fused-ring (bicyclic) bond motifs is 9. The van der Waals surface area contributed by atoms with Crippen LogP contribution < -0.4 is 4.90 Å². The van der Waals surface area contributed by atoms with Crippen LogP contribution in [0.2, 0.25) is 0 Å². The molecule has 0 bridgehead atoms. The lowest BCUT2D eigenvalue weighted by Crippen LogP contribution is -2.11. The molecule has 0 aliphatic rings. The first-order valence-corrected chi connectivity index (χ1v) is 20.3. The Labute approximate surface area is 341 Å². The lowest BCUT2D eigenvalue weighted by Gasteiger charge is -2.28. The molecule has 10 aromatic carbocycles. The molecule has 0 aliphatic heterocycles. The van der Waals surface area contributed by atoms with Gasteiger partial charge in [-0.2, -0.15) is 0 Å². The SMILES string of the molecule is c1ccc(-n2c3ccccc3c3cc(-c4ccc(N(c5ccc(-n6c7ccccc7c7ccccc76)cc5)c5cccc6ccc7ccccc7c56)cc4)ccc32)cc1. The molecule has 0 unspecified atom stereocenters. The zero-order valence-corrected chi connectivity index (χ0v) is 32.2. The van der Waals surface area contributed by atoms with Crippen molar-refractivity contribution in [1.82, 2.24) is 9.13 Å². The summed E-state index contributed by atoms with van der Waals surface area (Å²) in [5.74, 6) is 0. The zero-order chi connectivity index (χ0) is 38.9. The number of hydrogen-bond donors (Lipinski definition) is 0. The number of hydrogen-bond acceptors (Lipinski definition) is 1. The summed E-state index contributed by atoms with van der Waals surface area (Å²) in [4.78, 5) is 2.42. The van der Waals surface area contributed by atoms with Gasteiger partial charge < -0.3 is 14.0 Å². The highest BCUT2D eigenvalue weighted by Crippen LogP contribution is 2.43. The van der Waals surface area contributed by atoms with Gasteiger partial charge in [0.1, 0.15) is 0 Å². The summed E-state index contributed by atoms with van der Waals surface area (Å²) in [5.41, 5.74) is 12.8. The van der Waals surface area contributed by atoms with Crippen LogP contribution in [-0.2, 0) is 0 Å². The minimum absolute atomic E-state index is 1.10. The van der Waals surface area contributed by atoms with Gasteiger partial charge in [-0.05, 0) is 112 Å². The Morgan fingerprint density at radius 1 is 0.288 bits per heavy atom. The van der Waals surface area contributed by atoms with Gasteiger partial charge in [0.05, 0.1) is 27.8 Å². The molecule has 59 heavy (non-hydrogen) atoms. The van der Waals surface area contributed by atoms with E-state index in [9.17, 15) is 0 Å². The van der Waals surface area contributed by atoms with Gasteiger partial charge in [0.2, 0.25) is 0 Å². The van der Waals surface area contributed by atoms with Crippen LogP contribution in [-0.4, -0.2) is 9.13 Å². The van der Waals surface area contributed by atoms with Gasteiger partial charge in [-0.3, -0.25) is 0 Å². The number of para-hydroxylation sites is 4. The summed E-state index contributed by atoms with van der Waals surface area (Å²) in [6, 6.07) is 81.7. The van der Waals surface area contributed by atoms with E-state index in [2.05, 4.69) is 238 Å². The van der Waals surface area contributed by atoms with Crippen LogP contribution in [0.15, 0.2) is 224 Å².